The van der Waals surface area contributed by atoms with Gasteiger partial charge in [-0.3, -0.25) is 0 Å². The van der Waals surface area contributed by atoms with E-state index < -0.39 is 6.29 Å². The molecule has 3 heteroatoms. The van der Waals surface area contributed by atoms with Crippen molar-refractivity contribution in [1.82, 2.24) is 0 Å². The third-order valence-electron chi connectivity index (χ3n) is 0.785. The van der Waals surface area contributed by atoms with Crippen LogP contribution in [0.25, 0.3) is 0 Å². The van der Waals surface area contributed by atoms with E-state index in [0.29, 0.717) is 12.8 Å². The van der Waals surface area contributed by atoms with Gasteiger partial charge in [0.05, 0.1) is 6.26 Å². The SMILES string of the molecule is C=COC(O)CCC=O. The highest BCUT2D eigenvalue weighted by atomic mass is 16.6. The monoisotopic (exact) mass is 130 g/mol. The number of hydrogen-bond acceptors (Lipinski definition) is 3. The van der Waals surface area contributed by atoms with Gasteiger partial charge in [0, 0.05) is 12.8 Å². The third kappa shape index (κ3) is 5.03. The van der Waals surface area contributed by atoms with E-state index in [1.807, 2.05) is 0 Å². The zero-order valence-corrected chi connectivity index (χ0v) is 5.12. The van der Waals surface area contributed by atoms with Crippen molar-refractivity contribution in [1.29, 1.82) is 0 Å². The average molecular weight is 130 g/mol. The Kier molecular flexibility index (Phi) is 4.82. The molecule has 0 aliphatic rings. The molecule has 0 fully saturated rings. The summed E-state index contributed by atoms with van der Waals surface area (Å²) in [5.41, 5.74) is 0. The van der Waals surface area contributed by atoms with Crippen LogP contribution in [0, 0.1) is 0 Å². The summed E-state index contributed by atoms with van der Waals surface area (Å²) >= 11 is 0. The van der Waals surface area contributed by atoms with Crippen LogP contribution in [-0.2, 0) is 9.53 Å². The fourth-order valence-electron chi connectivity index (χ4n) is 0.390. The van der Waals surface area contributed by atoms with Gasteiger partial charge in [0.2, 0.25) is 0 Å². The number of aliphatic hydroxyl groups excluding tert-OH is 1. The molecule has 0 rings (SSSR count). The number of aldehydes is 1. The summed E-state index contributed by atoms with van der Waals surface area (Å²) < 4.78 is 4.50. The molecule has 0 bridgehead atoms. The number of carbonyl (C=O) groups is 1. The largest absolute Gasteiger partial charge is 0.473 e. The molecule has 0 aliphatic heterocycles. The van der Waals surface area contributed by atoms with Crippen LogP contribution in [0.5, 0.6) is 0 Å². The zero-order valence-electron chi connectivity index (χ0n) is 5.12. The molecule has 0 saturated heterocycles. The predicted octanol–water partition coefficient (Wildman–Crippen LogP) is 0.444. The molecule has 0 radical (unpaired) electrons. The third-order valence-corrected chi connectivity index (χ3v) is 0.785. The molecule has 1 unspecified atom stereocenters. The topological polar surface area (TPSA) is 46.5 Å². The molecule has 0 aliphatic carbocycles. The molecule has 52 valence electrons. The minimum atomic E-state index is -0.882. The average Bonchev–Trinajstić information content (AvgIpc) is 1.85. The minimum Gasteiger partial charge on any atom is -0.473 e. The number of hydrogen-bond donors (Lipinski definition) is 1. The Bertz CT molecular complexity index is 90.3. The molecule has 3 nitrogen and oxygen atoms in total. The lowest BCUT2D eigenvalue weighted by molar-refractivity contribution is -0.110. The van der Waals surface area contributed by atoms with Crippen LogP contribution < -0.4 is 0 Å². The van der Waals surface area contributed by atoms with E-state index >= 15 is 0 Å². The summed E-state index contributed by atoms with van der Waals surface area (Å²) in [4.78, 5) is 9.72. The summed E-state index contributed by atoms with van der Waals surface area (Å²) in [6.07, 6.45) is 1.64. The van der Waals surface area contributed by atoms with Gasteiger partial charge in [0.1, 0.15) is 6.29 Å². The van der Waals surface area contributed by atoms with Gasteiger partial charge in [-0.1, -0.05) is 6.58 Å². The number of rotatable bonds is 5. The normalized spacial score (nSPS) is 12.1. The maximum atomic E-state index is 9.72. The van der Waals surface area contributed by atoms with Crippen molar-refractivity contribution in [2.24, 2.45) is 0 Å². The van der Waals surface area contributed by atoms with Crippen molar-refractivity contribution in [3.8, 4) is 0 Å². The van der Waals surface area contributed by atoms with Crippen LogP contribution in [0.3, 0.4) is 0 Å². The van der Waals surface area contributed by atoms with Crippen molar-refractivity contribution in [2.75, 3.05) is 0 Å². The first-order valence-corrected chi connectivity index (χ1v) is 2.69. The Morgan fingerprint density at radius 3 is 2.89 bits per heavy atom. The van der Waals surface area contributed by atoms with E-state index in [-0.39, 0.29) is 0 Å². The quantitative estimate of drug-likeness (QED) is 0.334. The smallest absolute Gasteiger partial charge is 0.196 e. The first-order chi connectivity index (χ1) is 4.31. The molecule has 0 aromatic rings. The van der Waals surface area contributed by atoms with Crippen LogP contribution in [-0.4, -0.2) is 17.7 Å². The van der Waals surface area contributed by atoms with Crippen molar-refractivity contribution < 1.29 is 14.6 Å². The van der Waals surface area contributed by atoms with Crippen LogP contribution in [0.4, 0.5) is 0 Å². The van der Waals surface area contributed by atoms with Crippen LogP contribution in [0.15, 0.2) is 12.8 Å². The summed E-state index contributed by atoms with van der Waals surface area (Å²) in [5.74, 6) is 0. The van der Waals surface area contributed by atoms with Gasteiger partial charge in [-0.2, -0.15) is 0 Å². The van der Waals surface area contributed by atoms with E-state index in [2.05, 4.69) is 11.3 Å². The predicted molar refractivity (Wildman–Crippen MR) is 32.6 cm³/mol. The summed E-state index contributed by atoms with van der Waals surface area (Å²) in [7, 11) is 0. The van der Waals surface area contributed by atoms with Crippen molar-refractivity contribution in [2.45, 2.75) is 19.1 Å². The summed E-state index contributed by atoms with van der Waals surface area (Å²) in [5, 5.41) is 8.73. The maximum Gasteiger partial charge on any atom is 0.196 e. The van der Waals surface area contributed by atoms with E-state index in [1.54, 1.807) is 0 Å². The molecule has 0 aromatic carbocycles. The molecular weight excluding hydrogens is 120 g/mol. The van der Waals surface area contributed by atoms with Crippen molar-refractivity contribution in [3.05, 3.63) is 12.8 Å². The molecule has 1 atom stereocenters. The number of aliphatic hydroxyl groups is 1. The molecule has 0 heterocycles. The molecule has 0 saturated carbocycles. The number of ether oxygens (including phenoxy) is 1. The Balaban J connectivity index is 3.14. The highest BCUT2D eigenvalue weighted by Gasteiger charge is 1.98. The van der Waals surface area contributed by atoms with Gasteiger partial charge in [0.25, 0.3) is 0 Å². The van der Waals surface area contributed by atoms with Gasteiger partial charge >= 0.3 is 0 Å². The fraction of sp³-hybridized carbons (Fsp3) is 0.500. The minimum absolute atomic E-state index is 0.314. The summed E-state index contributed by atoms with van der Waals surface area (Å²) in [6.45, 7) is 3.24. The Morgan fingerprint density at radius 1 is 1.78 bits per heavy atom. The van der Waals surface area contributed by atoms with Crippen LogP contribution >= 0.6 is 0 Å². The van der Waals surface area contributed by atoms with E-state index in [0.717, 1.165) is 12.5 Å². The van der Waals surface area contributed by atoms with E-state index in [9.17, 15) is 4.79 Å². The summed E-state index contributed by atoms with van der Waals surface area (Å²) in [6, 6.07) is 0. The molecule has 1 N–H and O–H groups in total. The lowest BCUT2D eigenvalue weighted by atomic mass is 10.3. The molecule has 9 heavy (non-hydrogen) atoms. The zero-order chi connectivity index (χ0) is 7.11. The maximum absolute atomic E-state index is 9.72. The van der Waals surface area contributed by atoms with Crippen molar-refractivity contribution >= 4 is 6.29 Å². The molecule has 0 amide bonds. The van der Waals surface area contributed by atoms with Gasteiger partial charge in [-0.15, -0.1) is 0 Å². The second kappa shape index (κ2) is 5.31. The number of carbonyl (C=O) groups excluding carboxylic acids is 1. The highest BCUT2D eigenvalue weighted by molar-refractivity contribution is 5.49. The lowest BCUT2D eigenvalue weighted by Crippen LogP contribution is -2.07. The first kappa shape index (κ1) is 8.17. The van der Waals surface area contributed by atoms with Gasteiger partial charge in [-0.25, -0.2) is 0 Å². The van der Waals surface area contributed by atoms with E-state index in [1.165, 1.54) is 0 Å². The highest BCUT2D eigenvalue weighted by Crippen LogP contribution is 1.95. The lowest BCUT2D eigenvalue weighted by Gasteiger charge is -2.05. The Hall–Kier alpha value is -0.830. The van der Waals surface area contributed by atoms with Crippen molar-refractivity contribution in [3.63, 3.8) is 0 Å². The molecular formula is C6H10O3. The first-order valence-electron chi connectivity index (χ1n) is 2.69. The molecule has 0 aromatic heterocycles. The van der Waals surface area contributed by atoms with E-state index in [4.69, 9.17) is 5.11 Å². The van der Waals surface area contributed by atoms with Crippen LogP contribution in [0.1, 0.15) is 12.8 Å². The molecule has 0 spiro atoms. The van der Waals surface area contributed by atoms with Gasteiger partial charge < -0.3 is 14.6 Å². The van der Waals surface area contributed by atoms with Gasteiger partial charge in [-0.05, 0) is 0 Å². The second-order valence-corrected chi connectivity index (χ2v) is 1.50. The van der Waals surface area contributed by atoms with Gasteiger partial charge in [0.15, 0.2) is 6.29 Å². The Morgan fingerprint density at radius 2 is 2.44 bits per heavy atom. The standard InChI is InChI=1S/C6H10O3/c1-2-9-6(8)4-3-5-7/h2,5-6,8H,1,3-4H2. The second-order valence-electron chi connectivity index (χ2n) is 1.50. The fourth-order valence-corrected chi connectivity index (χ4v) is 0.390. The Labute approximate surface area is 53.9 Å². The van der Waals surface area contributed by atoms with Crippen LogP contribution in [0.2, 0.25) is 0 Å².